The molecule has 4 amide bonds. The van der Waals surface area contributed by atoms with Gasteiger partial charge in [0.25, 0.3) is 5.91 Å². The molecule has 0 aromatic carbocycles. The standard InChI is InChI=1S/C17H23N3O3S/c1-2-3-9-19-16(22)15-13(8-10-24-15)20(17(19)23)11-14(21)18-12-6-4-5-7-12/h8,10,12,15H,2-7,9,11H2,1H3/p+1. The number of urea groups is 1. The first kappa shape index (κ1) is 17.2. The summed E-state index contributed by atoms with van der Waals surface area (Å²) in [4.78, 5) is 38.9. The van der Waals surface area contributed by atoms with E-state index in [0.29, 0.717) is 12.3 Å². The lowest BCUT2D eigenvalue weighted by molar-refractivity contribution is -0.426. The van der Waals surface area contributed by atoms with Crippen LogP contribution in [0, 0.1) is 0 Å². The summed E-state index contributed by atoms with van der Waals surface area (Å²) in [6, 6.07) is -0.141. The molecule has 24 heavy (non-hydrogen) atoms. The van der Waals surface area contributed by atoms with Crippen molar-refractivity contribution < 1.29 is 19.0 Å². The molecule has 0 radical (unpaired) electrons. The van der Waals surface area contributed by atoms with Crippen molar-refractivity contribution in [3.8, 4) is 0 Å². The zero-order valence-electron chi connectivity index (χ0n) is 14.0. The molecule has 0 bridgehead atoms. The minimum atomic E-state index is -0.390. The van der Waals surface area contributed by atoms with Gasteiger partial charge in [0.15, 0.2) is 11.8 Å². The van der Waals surface area contributed by atoms with Crippen LogP contribution in [-0.4, -0.2) is 57.4 Å². The molecule has 0 aromatic heterocycles. The summed E-state index contributed by atoms with van der Waals surface area (Å²) in [6.45, 7) is 2.43. The van der Waals surface area contributed by atoms with Gasteiger partial charge in [0.1, 0.15) is 5.71 Å². The first-order valence-electron chi connectivity index (χ1n) is 8.73. The van der Waals surface area contributed by atoms with Crippen LogP contribution in [0.5, 0.6) is 0 Å². The lowest BCUT2D eigenvalue weighted by Crippen LogP contribution is -2.57. The zero-order valence-corrected chi connectivity index (χ0v) is 14.8. The highest BCUT2D eigenvalue weighted by Gasteiger charge is 2.49. The van der Waals surface area contributed by atoms with Gasteiger partial charge in [-0.15, -0.1) is 11.8 Å². The predicted molar refractivity (Wildman–Crippen MR) is 93.1 cm³/mol. The molecule has 1 N–H and O–H groups in total. The number of rotatable bonds is 6. The number of fused-ring (bicyclic) bond motifs is 1. The maximum Gasteiger partial charge on any atom is 0.501 e. The maximum atomic E-state index is 12.7. The molecule has 3 aliphatic rings. The number of thioether (sulfide) groups is 1. The Morgan fingerprint density at radius 1 is 1.38 bits per heavy atom. The summed E-state index contributed by atoms with van der Waals surface area (Å²) in [5.74, 6) is -0.303. The second-order valence-corrected chi connectivity index (χ2v) is 7.52. The van der Waals surface area contributed by atoms with Gasteiger partial charge < -0.3 is 5.32 Å². The second-order valence-electron chi connectivity index (χ2n) is 6.50. The molecule has 6 nitrogen and oxygen atoms in total. The molecule has 3 rings (SSSR count). The van der Waals surface area contributed by atoms with Gasteiger partial charge >= 0.3 is 11.9 Å². The van der Waals surface area contributed by atoms with Gasteiger partial charge in [-0.1, -0.05) is 26.2 Å². The van der Waals surface area contributed by atoms with Gasteiger partial charge in [-0.25, -0.2) is 4.79 Å². The van der Waals surface area contributed by atoms with Crippen molar-refractivity contribution in [3.63, 3.8) is 0 Å². The molecule has 130 valence electrons. The van der Waals surface area contributed by atoms with E-state index < -0.39 is 0 Å². The number of allylic oxidation sites excluding steroid dienone is 1. The topological polar surface area (TPSA) is 69.5 Å². The van der Waals surface area contributed by atoms with Crippen LogP contribution in [0.2, 0.25) is 0 Å². The van der Waals surface area contributed by atoms with Crippen LogP contribution < -0.4 is 5.32 Å². The third kappa shape index (κ3) is 3.41. The van der Waals surface area contributed by atoms with Gasteiger partial charge in [-0.05, 0) is 30.7 Å². The molecule has 2 heterocycles. The number of imide groups is 1. The molecule has 1 atom stereocenters. The Labute approximate surface area is 146 Å². The largest absolute Gasteiger partial charge is 0.501 e. The number of carbonyl (C=O) groups excluding carboxylic acids is 3. The fourth-order valence-corrected chi connectivity index (χ4v) is 4.38. The Hall–Kier alpha value is -1.63. The van der Waals surface area contributed by atoms with E-state index in [2.05, 4.69) is 5.32 Å². The Morgan fingerprint density at radius 3 is 2.83 bits per heavy atom. The van der Waals surface area contributed by atoms with E-state index in [1.165, 1.54) is 21.2 Å². The Bertz CT molecular complexity index is 608. The second kappa shape index (κ2) is 7.51. The number of nitrogens with one attached hydrogen (secondary N) is 1. The van der Waals surface area contributed by atoms with Crippen LogP contribution in [-0.2, 0) is 9.59 Å². The van der Waals surface area contributed by atoms with E-state index in [4.69, 9.17) is 0 Å². The number of unbranched alkanes of at least 4 members (excludes halogenated alkanes) is 1. The predicted octanol–water partition coefficient (Wildman–Crippen LogP) is 1.89. The first-order chi connectivity index (χ1) is 11.6. The van der Waals surface area contributed by atoms with Crippen molar-refractivity contribution in [2.45, 2.75) is 56.7 Å². The SMILES string of the molecule is CCCCN1C(=O)C2SC=CC2=[N+](CC(=O)NC2CCCC2)C1=O. The van der Waals surface area contributed by atoms with Crippen LogP contribution in [0.25, 0.3) is 0 Å². The number of hydrogen-bond donors (Lipinski definition) is 1. The molecule has 1 aliphatic carbocycles. The number of hydrogen-bond acceptors (Lipinski definition) is 4. The zero-order chi connectivity index (χ0) is 17.1. The van der Waals surface area contributed by atoms with Crippen LogP contribution >= 0.6 is 11.8 Å². The van der Waals surface area contributed by atoms with Gasteiger partial charge in [0.05, 0.1) is 6.54 Å². The summed E-state index contributed by atoms with van der Waals surface area (Å²) in [6.07, 6.45) is 7.78. The summed E-state index contributed by atoms with van der Waals surface area (Å²) < 4.78 is 1.47. The average molecular weight is 350 g/mol. The van der Waals surface area contributed by atoms with Crippen molar-refractivity contribution in [2.75, 3.05) is 13.1 Å². The van der Waals surface area contributed by atoms with E-state index >= 15 is 0 Å². The molecular formula is C17H24N3O3S+. The molecule has 0 saturated heterocycles. The smallest absolute Gasteiger partial charge is 0.350 e. The fourth-order valence-electron chi connectivity index (χ4n) is 3.42. The van der Waals surface area contributed by atoms with Crippen LogP contribution in [0.1, 0.15) is 45.4 Å². The minimum absolute atomic E-state index is 0.0119. The third-order valence-electron chi connectivity index (χ3n) is 4.74. The molecular weight excluding hydrogens is 326 g/mol. The lowest BCUT2D eigenvalue weighted by atomic mass is 10.1. The van der Waals surface area contributed by atoms with E-state index in [0.717, 1.165) is 38.5 Å². The van der Waals surface area contributed by atoms with Crippen LogP contribution in [0.3, 0.4) is 0 Å². The molecule has 1 unspecified atom stereocenters. The van der Waals surface area contributed by atoms with Gasteiger partial charge in [-0.3, -0.25) is 4.79 Å². The quantitative estimate of drug-likeness (QED) is 0.743. The number of amides is 4. The molecule has 7 heteroatoms. The fraction of sp³-hybridized carbons (Fsp3) is 0.647. The molecule has 1 saturated carbocycles. The van der Waals surface area contributed by atoms with Crippen LogP contribution in [0.15, 0.2) is 11.5 Å². The number of carbonyl (C=O) groups is 3. The van der Waals surface area contributed by atoms with Crippen molar-refractivity contribution in [2.24, 2.45) is 0 Å². The minimum Gasteiger partial charge on any atom is -0.350 e. The summed E-state index contributed by atoms with van der Waals surface area (Å²) in [5.41, 5.74) is 0.643. The molecule has 1 fully saturated rings. The highest BCUT2D eigenvalue weighted by molar-refractivity contribution is 8.04. The molecule has 0 aromatic rings. The normalized spacial score (nSPS) is 24.0. The van der Waals surface area contributed by atoms with Gasteiger partial charge in [0, 0.05) is 6.04 Å². The highest BCUT2D eigenvalue weighted by Crippen LogP contribution is 2.28. The summed E-state index contributed by atoms with van der Waals surface area (Å²) >= 11 is 1.40. The van der Waals surface area contributed by atoms with Crippen molar-refractivity contribution in [3.05, 3.63) is 11.5 Å². The van der Waals surface area contributed by atoms with Crippen LogP contribution in [0.4, 0.5) is 4.79 Å². The van der Waals surface area contributed by atoms with Gasteiger partial charge in [-0.2, -0.15) is 14.3 Å². The van der Waals surface area contributed by atoms with E-state index in [9.17, 15) is 14.4 Å². The highest BCUT2D eigenvalue weighted by atomic mass is 32.2. The van der Waals surface area contributed by atoms with Gasteiger partial charge in [0.2, 0.25) is 0 Å². The van der Waals surface area contributed by atoms with Crippen molar-refractivity contribution in [1.29, 1.82) is 0 Å². The average Bonchev–Trinajstić information content (AvgIpc) is 3.23. The van der Waals surface area contributed by atoms with E-state index in [1.54, 1.807) is 6.08 Å². The molecule has 0 spiro atoms. The maximum absolute atomic E-state index is 12.7. The van der Waals surface area contributed by atoms with Crippen molar-refractivity contribution in [1.82, 2.24) is 10.2 Å². The van der Waals surface area contributed by atoms with Crippen molar-refractivity contribution >= 4 is 35.3 Å². The summed E-state index contributed by atoms with van der Waals surface area (Å²) in [7, 11) is 0. The van der Waals surface area contributed by atoms with E-state index in [1.807, 2.05) is 12.3 Å². The lowest BCUT2D eigenvalue weighted by Gasteiger charge is -2.24. The van der Waals surface area contributed by atoms with E-state index in [-0.39, 0.29) is 35.7 Å². The Morgan fingerprint density at radius 2 is 2.12 bits per heavy atom. The molecule has 2 aliphatic heterocycles. The summed E-state index contributed by atoms with van der Waals surface area (Å²) in [5, 5.41) is 4.46. The number of nitrogens with zero attached hydrogens (tertiary/aromatic N) is 2. The Kier molecular flexibility index (Phi) is 5.38. The third-order valence-corrected chi connectivity index (χ3v) is 5.75. The Balaban J connectivity index is 1.76. The monoisotopic (exact) mass is 350 g/mol. The first-order valence-corrected chi connectivity index (χ1v) is 9.67.